The highest BCUT2D eigenvalue weighted by atomic mass is 35.5. The van der Waals surface area contributed by atoms with Crippen molar-refractivity contribution in [3.05, 3.63) is 59.4 Å². The number of benzene rings is 2. The summed E-state index contributed by atoms with van der Waals surface area (Å²) < 4.78 is 41.1. The molecule has 1 fully saturated rings. The summed E-state index contributed by atoms with van der Waals surface area (Å²) >= 11 is 5.83. The molecule has 7 heteroatoms. The van der Waals surface area contributed by atoms with Gasteiger partial charge in [-0.05, 0) is 61.4 Å². The normalized spacial score (nSPS) is 21.0. The monoisotopic (exact) mass is 382 g/mol. The molecule has 134 valence electrons. The van der Waals surface area contributed by atoms with Crippen molar-refractivity contribution in [2.75, 3.05) is 5.32 Å². The first-order chi connectivity index (χ1) is 11.9. The number of hydrogen-bond donors (Lipinski definition) is 2. The molecule has 3 rings (SSSR count). The van der Waals surface area contributed by atoms with Gasteiger partial charge in [0, 0.05) is 22.8 Å². The van der Waals surface area contributed by atoms with Gasteiger partial charge in [0.1, 0.15) is 5.82 Å². The fourth-order valence-electron chi connectivity index (χ4n) is 3.09. The maximum absolute atomic E-state index is 13.1. The molecular formula is C18H20ClFN2O2S. The Morgan fingerprint density at radius 3 is 2.16 bits per heavy atom. The predicted octanol–water partition coefficient (Wildman–Crippen LogP) is 4.18. The van der Waals surface area contributed by atoms with Crippen LogP contribution >= 0.6 is 11.6 Å². The van der Waals surface area contributed by atoms with E-state index in [4.69, 9.17) is 11.6 Å². The quantitative estimate of drug-likeness (QED) is 0.815. The van der Waals surface area contributed by atoms with E-state index < -0.39 is 10.0 Å². The summed E-state index contributed by atoms with van der Waals surface area (Å²) in [5.41, 5.74) is 0.781. The first-order valence-corrected chi connectivity index (χ1v) is 10.1. The van der Waals surface area contributed by atoms with Gasteiger partial charge >= 0.3 is 0 Å². The van der Waals surface area contributed by atoms with Gasteiger partial charge in [-0.1, -0.05) is 24.4 Å². The van der Waals surface area contributed by atoms with Crippen molar-refractivity contribution < 1.29 is 12.8 Å². The second-order valence-corrected chi connectivity index (χ2v) is 8.37. The molecule has 0 bridgehead atoms. The maximum Gasteiger partial charge on any atom is 0.240 e. The van der Waals surface area contributed by atoms with Gasteiger partial charge in [-0.25, -0.2) is 17.5 Å². The molecule has 25 heavy (non-hydrogen) atoms. The third-order valence-electron chi connectivity index (χ3n) is 4.39. The topological polar surface area (TPSA) is 58.2 Å². The van der Waals surface area contributed by atoms with Crippen molar-refractivity contribution in [2.24, 2.45) is 0 Å². The molecule has 0 saturated heterocycles. The van der Waals surface area contributed by atoms with Crippen molar-refractivity contribution >= 4 is 27.3 Å². The summed E-state index contributed by atoms with van der Waals surface area (Å²) in [6, 6.07) is 11.9. The minimum atomic E-state index is -3.62. The molecule has 2 aromatic carbocycles. The van der Waals surface area contributed by atoms with Crippen LogP contribution in [0.2, 0.25) is 5.02 Å². The van der Waals surface area contributed by atoms with Crippen LogP contribution in [0.1, 0.15) is 25.7 Å². The van der Waals surface area contributed by atoms with Crippen molar-refractivity contribution in [3.63, 3.8) is 0 Å². The van der Waals surface area contributed by atoms with Crippen LogP contribution in [-0.2, 0) is 10.0 Å². The van der Waals surface area contributed by atoms with E-state index in [1.54, 1.807) is 24.3 Å². The van der Waals surface area contributed by atoms with Gasteiger partial charge < -0.3 is 5.32 Å². The molecule has 2 atom stereocenters. The molecule has 0 heterocycles. The molecule has 0 radical (unpaired) electrons. The van der Waals surface area contributed by atoms with Gasteiger partial charge in [0.2, 0.25) is 10.0 Å². The molecule has 1 aliphatic rings. The predicted molar refractivity (Wildman–Crippen MR) is 97.8 cm³/mol. The van der Waals surface area contributed by atoms with E-state index in [9.17, 15) is 12.8 Å². The minimum Gasteiger partial charge on any atom is -0.381 e. The van der Waals surface area contributed by atoms with Crippen LogP contribution in [0.15, 0.2) is 53.4 Å². The van der Waals surface area contributed by atoms with Gasteiger partial charge in [0.05, 0.1) is 4.90 Å². The Morgan fingerprint density at radius 1 is 0.920 bits per heavy atom. The third-order valence-corrected chi connectivity index (χ3v) is 6.15. The first kappa shape index (κ1) is 18.2. The van der Waals surface area contributed by atoms with Crippen molar-refractivity contribution in [1.29, 1.82) is 0 Å². The highest BCUT2D eigenvalue weighted by Crippen LogP contribution is 2.24. The average Bonchev–Trinajstić information content (AvgIpc) is 2.59. The molecule has 0 spiro atoms. The fourth-order valence-corrected chi connectivity index (χ4v) is 4.52. The van der Waals surface area contributed by atoms with Crippen molar-refractivity contribution in [3.8, 4) is 0 Å². The van der Waals surface area contributed by atoms with E-state index in [0.29, 0.717) is 5.02 Å². The lowest BCUT2D eigenvalue weighted by Crippen LogP contribution is -2.48. The number of halogens is 2. The zero-order chi connectivity index (χ0) is 17.9. The Kier molecular flexibility index (Phi) is 5.61. The molecule has 1 saturated carbocycles. The van der Waals surface area contributed by atoms with Gasteiger partial charge in [0.25, 0.3) is 0 Å². The zero-order valence-electron chi connectivity index (χ0n) is 13.6. The largest absolute Gasteiger partial charge is 0.381 e. The van der Waals surface area contributed by atoms with E-state index in [0.717, 1.165) is 31.4 Å². The molecule has 2 aromatic rings. The molecular weight excluding hydrogens is 363 g/mol. The van der Waals surface area contributed by atoms with Crippen LogP contribution in [0, 0.1) is 5.82 Å². The van der Waals surface area contributed by atoms with Crippen LogP contribution in [0.4, 0.5) is 10.1 Å². The van der Waals surface area contributed by atoms with Gasteiger partial charge in [-0.3, -0.25) is 0 Å². The fraction of sp³-hybridized carbons (Fsp3) is 0.333. The summed E-state index contributed by atoms with van der Waals surface area (Å²) in [5.74, 6) is -0.297. The minimum absolute atomic E-state index is 0.0405. The number of anilines is 1. The molecule has 1 aliphatic carbocycles. The van der Waals surface area contributed by atoms with E-state index in [1.165, 1.54) is 24.3 Å². The summed E-state index contributed by atoms with van der Waals surface area (Å²) in [4.78, 5) is 0.197. The van der Waals surface area contributed by atoms with E-state index >= 15 is 0 Å². The summed E-state index contributed by atoms with van der Waals surface area (Å²) in [6.07, 6.45) is 3.60. The lowest BCUT2D eigenvalue weighted by atomic mass is 9.91. The molecule has 2 unspecified atom stereocenters. The second-order valence-electron chi connectivity index (χ2n) is 6.22. The Bertz CT molecular complexity index is 810. The summed E-state index contributed by atoms with van der Waals surface area (Å²) in [6.45, 7) is 0. The SMILES string of the molecule is O=S(=O)(NC1CCCCC1Nc1ccc(F)cc1)c1ccc(Cl)cc1. The molecule has 4 nitrogen and oxygen atoms in total. The Labute approximate surface area is 152 Å². The molecule has 0 aliphatic heterocycles. The Morgan fingerprint density at radius 2 is 1.52 bits per heavy atom. The highest BCUT2D eigenvalue weighted by Gasteiger charge is 2.29. The first-order valence-electron chi connectivity index (χ1n) is 8.24. The standard InChI is InChI=1S/C18H20ClFN2O2S/c19-13-5-11-16(12-6-13)25(23,24)22-18-4-2-1-3-17(18)21-15-9-7-14(20)8-10-15/h5-12,17-18,21-22H,1-4H2. The molecule has 0 aromatic heterocycles. The van der Waals surface area contributed by atoms with Crippen LogP contribution in [0.25, 0.3) is 0 Å². The third kappa shape index (κ3) is 4.71. The number of rotatable bonds is 5. The smallest absolute Gasteiger partial charge is 0.240 e. The Hall–Kier alpha value is -1.63. The number of sulfonamides is 1. The van der Waals surface area contributed by atoms with Gasteiger partial charge in [-0.15, -0.1) is 0 Å². The summed E-state index contributed by atoms with van der Waals surface area (Å²) in [5, 5.41) is 3.82. The Balaban J connectivity index is 1.74. The van der Waals surface area contributed by atoms with Crippen LogP contribution in [-0.4, -0.2) is 20.5 Å². The van der Waals surface area contributed by atoms with Crippen LogP contribution in [0.5, 0.6) is 0 Å². The maximum atomic E-state index is 13.1. The zero-order valence-corrected chi connectivity index (χ0v) is 15.2. The van der Waals surface area contributed by atoms with E-state index in [-0.39, 0.29) is 22.8 Å². The van der Waals surface area contributed by atoms with Crippen LogP contribution in [0.3, 0.4) is 0 Å². The lowest BCUT2D eigenvalue weighted by molar-refractivity contribution is 0.378. The van der Waals surface area contributed by atoms with Crippen molar-refractivity contribution in [2.45, 2.75) is 42.7 Å². The highest BCUT2D eigenvalue weighted by molar-refractivity contribution is 7.89. The average molecular weight is 383 g/mol. The van der Waals surface area contributed by atoms with Gasteiger partial charge in [-0.2, -0.15) is 0 Å². The van der Waals surface area contributed by atoms with Crippen molar-refractivity contribution in [1.82, 2.24) is 4.72 Å². The van der Waals surface area contributed by atoms with Gasteiger partial charge in [0.15, 0.2) is 0 Å². The lowest BCUT2D eigenvalue weighted by Gasteiger charge is -2.33. The second kappa shape index (κ2) is 7.72. The number of hydrogen-bond acceptors (Lipinski definition) is 3. The van der Waals surface area contributed by atoms with Crippen LogP contribution < -0.4 is 10.0 Å². The summed E-state index contributed by atoms with van der Waals surface area (Å²) in [7, 11) is -3.62. The van der Waals surface area contributed by atoms with E-state index in [1.807, 2.05) is 0 Å². The molecule has 0 amide bonds. The number of nitrogens with one attached hydrogen (secondary N) is 2. The van der Waals surface area contributed by atoms with E-state index in [2.05, 4.69) is 10.0 Å². The molecule has 2 N–H and O–H groups in total.